The first-order valence-corrected chi connectivity index (χ1v) is 8.68. The first kappa shape index (κ1) is 18.9. The van der Waals surface area contributed by atoms with Gasteiger partial charge in [0.15, 0.2) is 0 Å². The number of halogens is 1. The van der Waals surface area contributed by atoms with Crippen LogP contribution in [0.25, 0.3) is 0 Å². The zero-order valence-electron chi connectivity index (χ0n) is 13.7. The molecule has 2 heterocycles. The van der Waals surface area contributed by atoms with Crippen molar-refractivity contribution in [1.82, 2.24) is 21.2 Å². The van der Waals surface area contributed by atoms with E-state index in [1.165, 1.54) is 29.7 Å². The number of carbonyl (C=O) groups is 3. The molecule has 2 rings (SSSR count). The molecule has 2 aromatic heterocycles. The Morgan fingerprint density at radius 3 is 2.60 bits per heavy atom. The largest absolute Gasteiger partial charge is 0.342 e. The third kappa shape index (κ3) is 5.27. The van der Waals surface area contributed by atoms with E-state index in [2.05, 4.69) is 21.2 Å². The molecule has 0 atom stereocenters. The average molecular weight is 381 g/mol. The number of nitrogens with one attached hydrogen (secondary N) is 3. The molecule has 0 saturated heterocycles. The predicted molar refractivity (Wildman–Crippen MR) is 95.6 cm³/mol. The highest BCUT2D eigenvalue weighted by atomic mass is 35.5. The second-order valence-electron chi connectivity index (χ2n) is 5.11. The molecular formula is C16H17ClN4O3S. The van der Waals surface area contributed by atoms with Crippen LogP contribution in [0.4, 0.5) is 0 Å². The highest BCUT2D eigenvalue weighted by molar-refractivity contribution is 7.14. The first-order chi connectivity index (χ1) is 11.9. The van der Waals surface area contributed by atoms with Gasteiger partial charge in [-0.3, -0.25) is 30.2 Å². The van der Waals surface area contributed by atoms with Gasteiger partial charge >= 0.3 is 0 Å². The van der Waals surface area contributed by atoms with Crippen LogP contribution in [0.1, 0.15) is 37.5 Å². The van der Waals surface area contributed by atoms with Gasteiger partial charge in [-0.15, -0.1) is 11.3 Å². The van der Waals surface area contributed by atoms with E-state index >= 15 is 0 Å². The fraction of sp³-hybridized carbons (Fsp3) is 0.250. The number of thiophene rings is 1. The van der Waals surface area contributed by atoms with Gasteiger partial charge in [0.25, 0.3) is 17.7 Å². The summed E-state index contributed by atoms with van der Waals surface area (Å²) in [5.41, 5.74) is 5.72. The summed E-state index contributed by atoms with van der Waals surface area (Å²) in [4.78, 5) is 41.1. The summed E-state index contributed by atoms with van der Waals surface area (Å²) in [6.07, 6.45) is 2.24. The maximum absolute atomic E-state index is 12.0. The van der Waals surface area contributed by atoms with Crippen molar-refractivity contribution in [1.29, 1.82) is 0 Å². The Kier molecular flexibility index (Phi) is 6.49. The number of aryl methyl sites for hydroxylation is 2. The fourth-order valence-corrected chi connectivity index (χ4v) is 3.16. The molecule has 7 nitrogen and oxygen atoms in total. The maximum Gasteiger partial charge on any atom is 0.279 e. The Bertz CT molecular complexity index is 806. The van der Waals surface area contributed by atoms with Crippen LogP contribution >= 0.6 is 22.9 Å². The number of hydrogen-bond donors (Lipinski definition) is 3. The number of aromatic nitrogens is 1. The Morgan fingerprint density at radius 1 is 1.20 bits per heavy atom. The first-order valence-electron chi connectivity index (χ1n) is 7.49. The molecule has 0 fully saturated rings. The van der Waals surface area contributed by atoms with Gasteiger partial charge in [0, 0.05) is 16.1 Å². The van der Waals surface area contributed by atoms with Crippen LogP contribution in [0.3, 0.4) is 0 Å². The Labute approximate surface area is 153 Å². The zero-order valence-corrected chi connectivity index (χ0v) is 15.3. The minimum Gasteiger partial charge on any atom is -0.342 e. The highest BCUT2D eigenvalue weighted by Crippen LogP contribution is 2.21. The molecule has 0 aromatic carbocycles. The second-order valence-corrected chi connectivity index (χ2v) is 6.69. The van der Waals surface area contributed by atoms with Crippen molar-refractivity contribution in [2.45, 2.75) is 20.3 Å². The van der Waals surface area contributed by atoms with E-state index in [0.717, 1.165) is 16.9 Å². The van der Waals surface area contributed by atoms with Crippen LogP contribution in [0.5, 0.6) is 0 Å². The quantitative estimate of drug-likeness (QED) is 0.689. The Balaban J connectivity index is 1.80. The van der Waals surface area contributed by atoms with Crippen molar-refractivity contribution in [2.24, 2.45) is 0 Å². The molecule has 9 heteroatoms. The number of hydrazine groups is 1. The van der Waals surface area contributed by atoms with Crippen LogP contribution in [0, 0.1) is 6.92 Å². The van der Waals surface area contributed by atoms with Gasteiger partial charge in [-0.1, -0.05) is 18.5 Å². The SMILES string of the molecule is CCc1sc(C(=O)NNC(=O)CNC(=O)c2cc(Cl)ccn2)cc1C. The molecule has 0 aliphatic heterocycles. The summed E-state index contributed by atoms with van der Waals surface area (Å²) in [7, 11) is 0. The molecule has 3 amide bonds. The van der Waals surface area contributed by atoms with Crippen molar-refractivity contribution < 1.29 is 14.4 Å². The fourth-order valence-electron chi connectivity index (χ4n) is 2.00. The lowest BCUT2D eigenvalue weighted by molar-refractivity contribution is -0.120. The number of carbonyl (C=O) groups excluding carboxylic acids is 3. The van der Waals surface area contributed by atoms with Crippen molar-refractivity contribution >= 4 is 40.7 Å². The Hall–Kier alpha value is -2.45. The van der Waals surface area contributed by atoms with Gasteiger partial charge in [-0.05, 0) is 37.1 Å². The van der Waals surface area contributed by atoms with Gasteiger partial charge in [0.05, 0.1) is 11.4 Å². The minimum absolute atomic E-state index is 0.102. The van der Waals surface area contributed by atoms with Crippen molar-refractivity contribution in [3.05, 3.63) is 50.4 Å². The molecule has 25 heavy (non-hydrogen) atoms. The van der Waals surface area contributed by atoms with Crippen LogP contribution in [-0.2, 0) is 11.2 Å². The van der Waals surface area contributed by atoms with Crippen LogP contribution in [-0.4, -0.2) is 29.3 Å². The molecule has 0 aliphatic carbocycles. The zero-order chi connectivity index (χ0) is 18.4. The minimum atomic E-state index is -0.562. The highest BCUT2D eigenvalue weighted by Gasteiger charge is 2.13. The Morgan fingerprint density at radius 2 is 1.96 bits per heavy atom. The number of amides is 3. The van der Waals surface area contributed by atoms with Crippen LogP contribution < -0.4 is 16.2 Å². The van der Waals surface area contributed by atoms with E-state index in [9.17, 15) is 14.4 Å². The molecule has 0 saturated carbocycles. The van der Waals surface area contributed by atoms with Crippen molar-refractivity contribution in [3.8, 4) is 0 Å². The standard InChI is InChI=1S/C16H17ClN4O3S/c1-3-12-9(2)6-13(25-12)16(24)21-20-14(22)8-19-15(23)11-7-10(17)4-5-18-11/h4-7H,3,8H2,1-2H3,(H,19,23)(H,20,22)(H,21,24). The number of pyridine rings is 1. The summed E-state index contributed by atoms with van der Waals surface area (Å²) >= 11 is 7.15. The smallest absolute Gasteiger partial charge is 0.279 e. The van der Waals surface area contributed by atoms with Crippen molar-refractivity contribution in [2.75, 3.05) is 6.54 Å². The van der Waals surface area contributed by atoms with Gasteiger partial charge in [0.2, 0.25) is 0 Å². The van der Waals surface area contributed by atoms with Crippen molar-refractivity contribution in [3.63, 3.8) is 0 Å². The van der Waals surface area contributed by atoms with Gasteiger partial charge in [0.1, 0.15) is 5.69 Å². The molecule has 0 radical (unpaired) electrons. The third-order valence-electron chi connectivity index (χ3n) is 3.25. The van der Waals surface area contributed by atoms with Gasteiger partial charge in [-0.25, -0.2) is 0 Å². The summed E-state index contributed by atoms with van der Waals surface area (Å²) in [6.45, 7) is 3.64. The van der Waals surface area contributed by atoms with Gasteiger partial charge in [-0.2, -0.15) is 0 Å². The molecule has 0 aliphatic rings. The van der Waals surface area contributed by atoms with E-state index in [-0.39, 0.29) is 12.2 Å². The molecule has 0 unspecified atom stereocenters. The third-order valence-corrected chi connectivity index (χ3v) is 4.86. The summed E-state index contributed by atoms with van der Waals surface area (Å²) in [5.74, 6) is -1.50. The van der Waals surface area contributed by atoms with E-state index in [1.807, 2.05) is 13.8 Å². The monoisotopic (exact) mass is 380 g/mol. The molecular weight excluding hydrogens is 364 g/mol. The molecule has 132 valence electrons. The summed E-state index contributed by atoms with van der Waals surface area (Å²) < 4.78 is 0. The molecule has 2 aromatic rings. The molecule has 0 bridgehead atoms. The van der Waals surface area contributed by atoms with Gasteiger partial charge < -0.3 is 5.32 Å². The normalized spacial score (nSPS) is 10.2. The van der Waals surface area contributed by atoms with Crippen LogP contribution in [0.2, 0.25) is 5.02 Å². The van der Waals surface area contributed by atoms with E-state index < -0.39 is 17.7 Å². The van der Waals surface area contributed by atoms with E-state index in [4.69, 9.17) is 11.6 Å². The molecule has 0 spiro atoms. The predicted octanol–water partition coefficient (Wildman–Crippen LogP) is 1.86. The molecule has 3 N–H and O–H groups in total. The topological polar surface area (TPSA) is 100 Å². The second kappa shape index (κ2) is 8.59. The lowest BCUT2D eigenvalue weighted by Gasteiger charge is -2.07. The average Bonchev–Trinajstić information content (AvgIpc) is 2.98. The number of hydrogen-bond acceptors (Lipinski definition) is 5. The maximum atomic E-state index is 12.0. The lowest BCUT2D eigenvalue weighted by Crippen LogP contribution is -2.46. The van der Waals surface area contributed by atoms with Crippen LogP contribution in [0.15, 0.2) is 24.4 Å². The summed E-state index contributed by atoms with van der Waals surface area (Å²) in [5, 5.41) is 2.76. The lowest BCUT2D eigenvalue weighted by atomic mass is 10.2. The van der Waals surface area contributed by atoms with E-state index in [0.29, 0.717) is 9.90 Å². The van der Waals surface area contributed by atoms with E-state index in [1.54, 1.807) is 6.07 Å². The number of nitrogens with zero attached hydrogens (tertiary/aromatic N) is 1. The summed E-state index contributed by atoms with van der Waals surface area (Å²) in [6, 6.07) is 4.70. The number of rotatable bonds is 5.